The largest absolute Gasteiger partial charge is 0.354 e. The summed E-state index contributed by atoms with van der Waals surface area (Å²) in [5, 5.41) is 11.9. The number of aryl methyl sites for hydroxylation is 3. The molecule has 1 aromatic carbocycles. The molecule has 4 rings (SSSR count). The fourth-order valence-corrected chi connectivity index (χ4v) is 3.87. The van der Waals surface area contributed by atoms with Gasteiger partial charge in [0.2, 0.25) is 5.91 Å². The van der Waals surface area contributed by atoms with Crippen LogP contribution < -0.4 is 10.2 Å². The lowest BCUT2D eigenvalue weighted by atomic mass is 9.96. The number of hydrogen-bond donors (Lipinski definition) is 1. The van der Waals surface area contributed by atoms with Crippen molar-refractivity contribution in [2.75, 3.05) is 23.3 Å². The van der Waals surface area contributed by atoms with Crippen LogP contribution in [0.15, 0.2) is 42.7 Å². The van der Waals surface area contributed by atoms with Crippen molar-refractivity contribution in [2.45, 2.75) is 33.6 Å². The molecule has 0 radical (unpaired) electrons. The number of carbonyl (C=O) groups is 1. The van der Waals surface area contributed by atoms with Gasteiger partial charge >= 0.3 is 0 Å². The predicted octanol–water partition coefficient (Wildman–Crippen LogP) is 3.44. The second kappa shape index (κ2) is 8.03. The molecule has 1 atom stereocenters. The highest BCUT2D eigenvalue weighted by atomic mass is 16.1. The Morgan fingerprint density at radius 1 is 1.07 bits per heavy atom. The molecule has 1 amide bonds. The highest BCUT2D eigenvalue weighted by molar-refractivity contribution is 5.94. The minimum absolute atomic E-state index is 0.0693. The van der Waals surface area contributed by atoms with Crippen LogP contribution in [0.3, 0.4) is 0 Å². The number of rotatable bonds is 4. The highest BCUT2D eigenvalue weighted by Crippen LogP contribution is 2.25. The van der Waals surface area contributed by atoms with Gasteiger partial charge in [-0.1, -0.05) is 18.2 Å². The summed E-state index contributed by atoms with van der Waals surface area (Å²) in [4.78, 5) is 19.3. The molecule has 3 heterocycles. The Balaban J connectivity index is 1.45. The van der Waals surface area contributed by atoms with E-state index in [2.05, 4.69) is 25.4 Å². The van der Waals surface area contributed by atoms with Gasteiger partial charge in [-0.3, -0.25) is 9.36 Å². The molecule has 0 aliphatic carbocycles. The second-order valence-corrected chi connectivity index (χ2v) is 7.64. The number of piperidine rings is 1. The third kappa shape index (κ3) is 3.99. The Bertz CT molecular complexity index is 990. The molecule has 1 aliphatic heterocycles. The molecule has 1 unspecified atom stereocenters. The fraction of sp³-hybridized carbons (Fsp3) is 0.364. The van der Waals surface area contributed by atoms with E-state index in [1.165, 1.54) is 0 Å². The molecule has 7 nitrogen and oxygen atoms in total. The maximum Gasteiger partial charge on any atom is 0.229 e. The third-order valence-electron chi connectivity index (χ3n) is 5.55. The second-order valence-electron chi connectivity index (χ2n) is 7.64. The molecule has 2 aromatic heterocycles. The summed E-state index contributed by atoms with van der Waals surface area (Å²) < 4.78 is 1.90. The van der Waals surface area contributed by atoms with Crippen molar-refractivity contribution in [3.05, 3.63) is 59.7 Å². The number of aromatic nitrogens is 4. The number of carbonyl (C=O) groups excluding carboxylic acids is 1. The molecule has 1 N–H and O–H groups in total. The van der Waals surface area contributed by atoms with E-state index in [1.54, 1.807) is 6.20 Å². The summed E-state index contributed by atoms with van der Waals surface area (Å²) in [6.45, 7) is 7.50. The first kappa shape index (κ1) is 19.1. The Labute approximate surface area is 170 Å². The number of para-hydroxylation sites is 1. The lowest BCUT2D eigenvalue weighted by Crippen LogP contribution is -2.41. The monoisotopic (exact) mass is 390 g/mol. The van der Waals surface area contributed by atoms with Crippen LogP contribution in [0, 0.1) is 26.7 Å². The zero-order chi connectivity index (χ0) is 20.4. The van der Waals surface area contributed by atoms with E-state index in [4.69, 9.17) is 0 Å². The molecular weight excluding hydrogens is 364 g/mol. The van der Waals surface area contributed by atoms with Gasteiger partial charge in [0.1, 0.15) is 5.82 Å². The Kier molecular flexibility index (Phi) is 5.29. The number of amides is 1. The van der Waals surface area contributed by atoms with Crippen LogP contribution in [-0.4, -0.2) is 38.7 Å². The molecule has 0 spiro atoms. The molecule has 1 saturated heterocycles. The molecule has 0 saturated carbocycles. The molecule has 1 aliphatic rings. The number of nitrogens with zero attached hydrogens (tertiary/aromatic N) is 5. The first-order valence-corrected chi connectivity index (χ1v) is 9.99. The highest BCUT2D eigenvalue weighted by Gasteiger charge is 2.27. The molecule has 3 aromatic rings. The zero-order valence-corrected chi connectivity index (χ0v) is 17.1. The van der Waals surface area contributed by atoms with Crippen LogP contribution in [0.25, 0.3) is 5.82 Å². The lowest BCUT2D eigenvalue weighted by Gasteiger charge is -2.32. The van der Waals surface area contributed by atoms with E-state index >= 15 is 0 Å². The summed E-state index contributed by atoms with van der Waals surface area (Å²) in [7, 11) is 0. The van der Waals surface area contributed by atoms with Crippen LogP contribution in [-0.2, 0) is 4.79 Å². The predicted molar refractivity (Wildman–Crippen MR) is 113 cm³/mol. The van der Waals surface area contributed by atoms with Gasteiger partial charge in [-0.15, -0.1) is 10.2 Å². The third-order valence-corrected chi connectivity index (χ3v) is 5.55. The van der Waals surface area contributed by atoms with E-state index in [9.17, 15) is 4.79 Å². The maximum absolute atomic E-state index is 12.9. The standard InChI is InChI=1S/C22H26N6O/c1-15-6-4-7-16(2)21(15)24-22(29)18-8-5-12-27(14-18)19-9-10-20(26-25-19)28-13-11-23-17(28)3/h4,6-7,9-11,13,18H,5,8,12,14H2,1-3H3,(H,24,29). The van der Waals surface area contributed by atoms with Gasteiger partial charge in [-0.05, 0) is 56.9 Å². The SMILES string of the molecule is Cc1cccc(C)c1NC(=O)C1CCCN(c2ccc(-n3ccnc3C)nn2)C1. The van der Waals surface area contributed by atoms with Crippen molar-refractivity contribution >= 4 is 17.4 Å². The normalized spacial score (nSPS) is 16.7. The number of nitrogens with one attached hydrogen (secondary N) is 1. The topological polar surface area (TPSA) is 75.9 Å². The molecule has 150 valence electrons. The van der Waals surface area contributed by atoms with E-state index in [-0.39, 0.29) is 11.8 Å². The summed E-state index contributed by atoms with van der Waals surface area (Å²) in [5.41, 5.74) is 3.10. The molecule has 0 bridgehead atoms. The summed E-state index contributed by atoms with van der Waals surface area (Å²) in [5.74, 6) is 2.42. The van der Waals surface area contributed by atoms with Crippen molar-refractivity contribution in [3.63, 3.8) is 0 Å². The number of hydrogen-bond acceptors (Lipinski definition) is 5. The number of imidazole rings is 1. The van der Waals surface area contributed by atoms with Crippen LogP contribution >= 0.6 is 0 Å². The quantitative estimate of drug-likeness (QED) is 0.738. The number of anilines is 2. The van der Waals surface area contributed by atoms with Gasteiger partial charge in [0.15, 0.2) is 11.6 Å². The zero-order valence-electron chi connectivity index (χ0n) is 17.1. The van der Waals surface area contributed by atoms with Crippen molar-refractivity contribution in [3.8, 4) is 5.82 Å². The summed E-state index contributed by atoms with van der Waals surface area (Å²) >= 11 is 0. The minimum Gasteiger partial charge on any atom is -0.354 e. The fourth-order valence-electron chi connectivity index (χ4n) is 3.87. The smallest absolute Gasteiger partial charge is 0.229 e. The average molecular weight is 390 g/mol. The van der Waals surface area contributed by atoms with Gasteiger partial charge in [0.25, 0.3) is 0 Å². The van der Waals surface area contributed by atoms with E-state index < -0.39 is 0 Å². The van der Waals surface area contributed by atoms with Crippen molar-refractivity contribution in [1.29, 1.82) is 0 Å². The van der Waals surface area contributed by atoms with Gasteiger partial charge in [0, 0.05) is 31.2 Å². The summed E-state index contributed by atoms with van der Waals surface area (Å²) in [6.07, 6.45) is 5.45. The summed E-state index contributed by atoms with van der Waals surface area (Å²) in [6, 6.07) is 9.96. The van der Waals surface area contributed by atoms with Gasteiger partial charge in [-0.2, -0.15) is 0 Å². The van der Waals surface area contributed by atoms with Crippen LogP contribution in [0.1, 0.15) is 29.8 Å². The van der Waals surface area contributed by atoms with Crippen LogP contribution in [0.5, 0.6) is 0 Å². The van der Waals surface area contributed by atoms with Crippen LogP contribution in [0.2, 0.25) is 0 Å². The van der Waals surface area contributed by atoms with E-state index in [1.807, 2.05) is 61.9 Å². The first-order chi connectivity index (χ1) is 14.0. The number of benzene rings is 1. The average Bonchev–Trinajstić information content (AvgIpc) is 3.17. The molecular formula is C22H26N6O. The maximum atomic E-state index is 12.9. The van der Waals surface area contributed by atoms with Gasteiger partial charge < -0.3 is 10.2 Å². The molecule has 1 fully saturated rings. The van der Waals surface area contributed by atoms with Crippen molar-refractivity contribution < 1.29 is 4.79 Å². The van der Waals surface area contributed by atoms with Crippen molar-refractivity contribution in [1.82, 2.24) is 19.7 Å². The minimum atomic E-state index is -0.0693. The van der Waals surface area contributed by atoms with E-state index in [0.29, 0.717) is 6.54 Å². The van der Waals surface area contributed by atoms with Crippen LogP contribution in [0.4, 0.5) is 11.5 Å². The van der Waals surface area contributed by atoms with Gasteiger partial charge in [-0.25, -0.2) is 4.98 Å². The first-order valence-electron chi connectivity index (χ1n) is 9.99. The van der Waals surface area contributed by atoms with E-state index in [0.717, 1.165) is 53.7 Å². The lowest BCUT2D eigenvalue weighted by molar-refractivity contribution is -0.120. The van der Waals surface area contributed by atoms with Crippen molar-refractivity contribution in [2.24, 2.45) is 5.92 Å². The molecule has 29 heavy (non-hydrogen) atoms. The Morgan fingerprint density at radius 3 is 2.45 bits per heavy atom. The van der Waals surface area contributed by atoms with Gasteiger partial charge in [0.05, 0.1) is 5.92 Å². The Hall–Kier alpha value is -3.22. The Morgan fingerprint density at radius 2 is 1.79 bits per heavy atom. The molecule has 7 heteroatoms.